The molecule has 0 bridgehead atoms. The number of rotatable bonds is 5. The van der Waals surface area contributed by atoms with Crippen LogP contribution in [0.1, 0.15) is 16.2 Å². The first-order chi connectivity index (χ1) is 13.5. The molecule has 0 aliphatic heterocycles. The van der Waals surface area contributed by atoms with Gasteiger partial charge in [0.1, 0.15) is 12.4 Å². The van der Waals surface area contributed by atoms with Crippen LogP contribution in [-0.2, 0) is 5.79 Å². The minimum absolute atomic E-state index is 0.0121. The smallest absolute Gasteiger partial charge is 0.288 e. The van der Waals surface area contributed by atoms with E-state index in [4.69, 9.17) is 4.52 Å². The van der Waals surface area contributed by atoms with E-state index in [1.54, 1.807) is 30.3 Å². The predicted molar refractivity (Wildman–Crippen MR) is 95.3 cm³/mol. The highest BCUT2D eigenvalue weighted by molar-refractivity contribution is 5.94. The minimum atomic E-state index is -2.78. The van der Waals surface area contributed by atoms with E-state index < -0.39 is 30.0 Å². The standard InChI is InChI=1S/C19H14F2N4O3/c20-14-9-22-15-7-6-12(8-13(14)15)16-23-18(28-25-16)19(21,10-26)24-17(27)11-4-2-1-3-5-11/h1-9,22,26H,10H2,(H,24,27)/t19-/m1/s1. The van der Waals surface area contributed by atoms with Gasteiger partial charge in [-0.2, -0.15) is 4.98 Å². The van der Waals surface area contributed by atoms with E-state index in [0.717, 1.165) is 0 Å². The largest absolute Gasteiger partial charge is 0.390 e. The molecule has 0 spiro atoms. The molecule has 1 atom stereocenters. The number of benzene rings is 2. The number of hydrogen-bond acceptors (Lipinski definition) is 5. The molecule has 2 heterocycles. The van der Waals surface area contributed by atoms with Crippen LogP contribution in [0.2, 0.25) is 0 Å². The number of amides is 1. The second-order valence-corrected chi connectivity index (χ2v) is 6.10. The van der Waals surface area contributed by atoms with Crippen LogP contribution < -0.4 is 5.32 Å². The summed E-state index contributed by atoms with van der Waals surface area (Å²) in [5.74, 6) is -4.62. The number of alkyl halides is 1. The van der Waals surface area contributed by atoms with Gasteiger partial charge in [0.15, 0.2) is 0 Å². The van der Waals surface area contributed by atoms with Gasteiger partial charge >= 0.3 is 0 Å². The fourth-order valence-electron chi connectivity index (χ4n) is 2.73. The zero-order valence-electron chi connectivity index (χ0n) is 14.3. The zero-order chi connectivity index (χ0) is 19.7. The monoisotopic (exact) mass is 384 g/mol. The van der Waals surface area contributed by atoms with Crippen molar-refractivity contribution in [2.24, 2.45) is 0 Å². The molecule has 0 radical (unpaired) electrons. The summed E-state index contributed by atoms with van der Waals surface area (Å²) in [4.78, 5) is 18.9. The molecule has 0 saturated carbocycles. The van der Waals surface area contributed by atoms with Crippen LogP contribution in [0.25, 0.3) is 22.3 Å². The Kier molecular flexibility index (Phi) is 4.36. The number of aliphatic hydroxyl groups excluding tert-OH is 1. The lowest BCUT2D eigenvalue weighted by Gasteiger charge is -2.20. The van der Waals surface area contributed by atoms with Gasteiger partial charge < -0.3 is 19.9 Å². The first-order valence-electron chi connectivity index (χ1n) is 8.29. The van der Waals surface area contributed by atoms with Gasteiger partial charge in [-0.05, 0) is 30.3 Å². The number of hydrogen-bond donors (Lipinski definition) is 3. The van der Waals surface area contributed by atoms with E-state index in [1.165, 1.54) is 24.4 Å². The molecule has 28 heavy (non-hydrogen) atoms. The van der Waals surface area contributed by atoms with Crippen molar-refractivity contribution in [3.05, 3.63) is 72.0 Å². The molecule has 1 amide bonds. The average molecular weight is 384 g/mol. The highest BCUT2D eigenvalue weighted by atomic mass is 19.1. The number of fused-ring (bicyclic) bond motifs is 1. The fourth-order valence-corrected chi connectivity index (χ4v) is 2.73. The Bertz CT molecular complexity index is 1140. The molecule has 0 saturated heterocycles. The highest BCUT2D eigenvalue weighted by Gasteiger charge is 2.40. The molecule has 9 heteroatoms. The molecule has 2 aromatic heterocycles. The molecule has 2 aromatic carbocycles. The maximum absolute atomic E-state index is 15.1. The van der Waals surface area contributed by atoms with E-state index in [1.807, 2.05) is 0 Å². The first-order valence-corrected chi connectivity index (χ1v) is 8.29. The number of aromatic nitrogens is 3. The van der Waals surface area contributed by atoms with E-state index >= 15 is 4.39 Å². The maximum Gasteiger partial charge on any atom is 0.288 e. The van der Waals surface area contributed by atoms with Gasteiger partial charge in [-0.1, -0.05) is 23.4 Å². The first kappa shape index (κ1) is 17.8. The summed E-state index contributed by atoms with van der Waals surface area (Å²) in [6.45, 7) is -1.11. The van der Waals surface area contributed by atoms with Gasteiger partial charge in [-0.3, -0.25) is 4.79 Å². The van der Waals surface area contributed by atoms with Crippen LogP contribution >= 0.6 is 0 Å². The Morgan fingerprint density at radius 2 is 2.04 bits per heavy atom. The number of carbonyl (C=O) groups excluding carboxylic acids is 1. The highest BCUT2D eigenvalue weighted by Crippen LogP contribution is 2.27. The van der Waals surface area contributed by atoms with Gasteiger partial charge in [0, 0.05) is 28.2 Å². The Balaban J connectivity index is 1.63. The summed E-state index contributed by atoms with van der Waals surface area (Å²) < 4.78 is 33.8. The number of nitrogens with one attached hydrogen (secondary N) is 2. The zero-order valence-corrected chi connectivity index (χ0v) is 14.3. The summed E-state index contributed by atoms with van der Waals surface area (Å²) in [5, 5.41) is 15.5. The van der Waals surface area contributed by atoms with Gasteiger partial charge in [-0.15, -0.1) is 0 Å². The Morgan fingerprint density at radius 1 is 1.25 bits per heavy atom. The molecule has 4 aromatic rings. The van der Waals surface area contributed by atoms with E-state index in [2.05, 4.69) is 20.4 Å². The van der Waals surface area contributed by atoms with Gasteiger partial charge in [0.25, 0.3) is 17.6 Å². The summed E-state index contributed by atoms with van der Waals surface area (Å²) in [7, 11) is 0. The second kappa shape index (κ2) is 6.86. The van der Waals surface area contributed by atoms with Crippen molar-refractivity contribution in [3.63, 3.8) is 0 Å². The second-order valence-electron chi connectivity index (χ2n) is 6.10. The third-order valence-corrected chi connectivity index (χ3v) is 4.22. The third-order valence-electron chi connectivity index (χ3n) is 4.22. The molecule has 0 aliphatic carbocycles. The SMILES string of the molecule is O=C(N[C@](F)(CO)c1nc(-c2ccc3[nH]cc(F)c3c2)no1)c1ccccc1. The van der Waals surface area contributed by atoms with Crippen molar-refractivity contribution >= 4 is 16.8 Å². The Morgan fingerprint density at radius 3 is 2.79 bits per heavy atom. The molecule has 4 rings (SSSR count). The molecule has 0 unspecified atom stereocenters. The lowest BCUT2D eigenvalue weighted by Crippen LogP contribution is -2.45. The van der Waals surface area contributed by atoms with Crippen LogP contribution in [0.4, 0.5) is 8.78 Å². The molecule has 3 N–H and O–H groups in total. The summed E-state index contributed by atoms with van der Waals surface area (Å²) in [5.41, 5.74) is 1.16. The molecule has 142 valence electrons. The Hall–Kier alpha value is -3.59. The van der Waals surface area contributed by atoms with Gasteiger partial charge in [-0.25, -0.2) is 8.78 Å². The minimum Gasteiger partial charge on any atom is -0.390 e. The lowest BCUT2D eigenvalue weighted by molar-refractivity contribution is 0.00786. The molecule has 7 nitrogen and oxygen atoms in total. The van der Waals surface area contributed by atoms with Crippen molar-refractivity contribution in [1.29, 1.82) is 0 Å². The lowest BCUT2D eigenvalue weighted by atomic mass is 10.1. The van der Waals surface area contributed by atoms with Crippen LogP contribution in [0.15, 0.2) is 59.3 Å². The summed E-state index contributed by atoms with van der Waals surface area (Å²) in [6, 6.07) is 12.6. The van der Waals surface area contributed by atoms with Gasteiger partial charge in [0.05, 0.1) is 0 Å². The number of carbonyl (C=O) groups is 1. The van der Waals surface area contributed by atoms with Crippen molar-refractivity contribution in [2.75, 3.05) is 6.61 Å². The molecular weight excluding hydrogens is 370 g/mol. The number of aliphatic hydroxyl groups is 1. The Labute approximate surface area is 157 Å². The number of aromatic amines is 1. The average Bonchev–Trinajstić information content (AvgIpc) is 3.36. The number of nitrogens with zero attached hydrogens (tertiary/aromatic N) is 2. The van der Waals surface area contributed by atoms with Crippen molar-refractivity contribution in [3.8, 4) is 11.4 Å². The van der Waals surface area contributed by atoms with Crippen LogP contribution in [-0.4, -0.2) is 32.7 Å². The topological polar surface area (TPSA) is 104 Å². The van der Waals surface area contributed by atoms with E-state index in [-0.39, 0.29) is 11.4 Å². The molecular formula is C19H14F2N4O3. The number of halogens is 2. The molecule has 0 aliphatic rings. The van der Waals surface area contributed by atoms with E-state index in [0.29, 0.717) is 16.5 Å². The fraction of sp³-hybridized carbons (Fsp3) is 0.105. The predicted octanol–water partition coefficient (Wildman–Crippen LogP) is 2.90. The van der Waals surface area contributed by atoms with Gasteiger partial charge in [0.2, 0.25) is 5.82 Å². The molecule has 0 fully saturated rings. The van der Waals surface area contributed by atoms with Crippen molar-refractivity contribution in [1.82, 2.24) is 20.4 Å². The third kappa shape index (κ3) is 3.12. The number of H-pyrrole nitrogens is 1. The van der Waals surface area contributed by atoms with Crippen molar-refractivity contribution < 1.29 is 23.2 Å². The normalized spacial score (nSPS) is 13.4. The van der Waals surface area contributed by atoms with E-state index in [9.17, 15) is 14.3 Å². The quantitative estimate of drug-likeness (QED) is 0.459. The summed E-state index contributed by atoms with van der Waals surface area (Å²) in [6.07, 6.45) is 1.22. The van der Waals surface area contributed by atoms with Crippen LogP contribution in [0, 0.1) is 5.82 Å². The maximum atomic E-state index is 15.1. The van der Waals surface area contributed by atoms with Crippen LogP contribution in [0.3, 0.4) is 0 Å². The summed E-state index contributed by atoms with van der Waals surface area (Å²) >= 11 is 0. The van der Waals surface area contributed by atoms with Crippen LogP contribution in [0.5, 0.6) is 0 Å². The van der Waals surface area contributed by atoms with Crippen molar-refractivity contribution in [2.45, 2.75) is 5.79 Å².